The molecule has 1 aliphatic carbocycles. The lowest BCUT2D eigenvalue weighted by molar-refractivity contribution is -0.130. The van der Waals surface area contributed by atoms with Gasteiger partial charge in [-0.15, -0.1) is 0 Å². The molecule has 0 saturated heterocycles. The van der Waals surface area contributed by atoms with E-state index in [0.29, 0.717) is 11.3 Å². The minimum atomic E-state index is -0.872. The molecule has 2 rings (SSSR count). The molecule has 0 unspecified atom stereocenters. The van der Waals surface area contributed by atoms with E-state index in [2.05, 4.69) is 0 Å². The van der Waals surface area contributed by atoms with Gasteiger partial charge in [0.1, 0.15) is 5.75 Å². The monoisotopic (exact) mass is 190 g/mol. The molecule has 0 bridgehead atoms. The van der Waals surface area contributed by atoms with Gasteiger partial charge in [0.25, 0.3) is 0 Å². The fourth-order valence-electron chi connectivity index (χ4n) is 1.73. The number of benzene rings is 1. The molecule has 0 atom stereocenters. The van der Waals surface area contributed by atoms with Crippen LogP contribution in [0.15, 0.2) is 18.2 Å². The summed E-state index contributed by atoms with van der Waals surface area (Å²) in [4.78, 5) is 10.9. The molecule has 1 N–H and O–H groups in total. The van der Waals surface area contributed by atoms with Crippen LogP contribution in [0.3, 0.4) is 0 Å². The number of carbonyl (C=O) groups is 1. The van der Waals surface area contributed by atoms with Crippen LogP contribution >= 0.6 is 0 Å². The number of aliphatic carboxylic acids is 1. The summed E-state index contributed by atoms with van der Waals surface area (Å²) in [6.07, 6.45) is 0. The first-order chi connectivity index (χ1) is 6.65. The standard InChI is InChI=1S/C11H10O3/c1-6-8-4-3-7(14-2)5-9(8)10(6)11(12)13/h3-5H,1-2H3,(H,12,13). The third kappa shape index (κ3) is 1.02. The summed E-state index contributed by atoms with van der Waals surface area (Å²) in [5.74, 6) is -0.182. The van der Waals surface area contributed by atoms with Gasteiger partial charge in [0.15, 0.2) is 0 Å². The predicted molar refractivity (Wildman–Crippen MR) is 53.1 cm³/mol. The summed E-state index contributed by atoms with van der Waals surface area (Å²) in [5, 5.41) is 8.92. The molecule has 0 aliphatic heterocycles. The average molecular weight is 190 g/mol. The molecule has 1 aliphatic rings. The third-order valence-electron chi connectivity index (χ3n) is 2.49. The van der Waals surface area contributed by atoms with Crippen molar-refractivity contribution in [3.05, 3.63) is 29.3 Å². The Morgan fingerprint density at radius 2 is 2.07 bits per heavy atom. The number of carboxylic acid groups (broad SMARTS) is 1. The van der Waals surface area contributed by atoms with Crippen molar-refractivity contribution in [1.29, 1.82) is 0 Å². The Morgan fingerprint density at radius 3 is 2.64 bits per heavy atom. The number of hydrogen-bond acceptors (Lipinski definition) is 2. The van der Waals surface area contributed by atoms with Gasteiger partial charge in [-0.05, 0) is 30.2 Å². The van der Waals surface area contributed by atoms with Crippen LogP contribution in [0.2, 0.25) is 0 Å². The molecule has 0 heterocycles. The van der Waals surface area contributed by atoms with Gasteiger partial charge in [-0.2, -0.15) is 0 Å². The summed E-state index contributed by atoms with van der Waals surface area (Å²) in [6.45, 7) is 1.82. The van der Waals surface area contributed by atoms with Gasteiger partial charge >= 0.3 is 5.97 Å². The normalized spacial score (nSPS) is 13.3. The Morgan fingerprint density at radius 1 is 1.36 bits per heavy atom. The SMILES string of the molecule is COc1ccc2c(c1)C(C(=O)O)=C2C. The molecule has 3 nitrogen and oxygen atoms in total. The van der Waals surface area contributed by atoms with E-state index in [1.165, 1.54) is 0 Å². The van der Waals surface area contributed by atoms with E-state index < -0.39 is 5.97 Å². The maximum Gasteiger partial charge on any atom is 0.336 e. The smallest absolute Gasteiger partial charge is 0.336 e. The predicted octanol–water partition coefficient (Wildman–Crippen LogP) is 2.02. The second-order valence-electron chi connectivity index (χ2n) is 3.22. The maximum absolute atomic E-state index is 10.9. The average Bonchev–Trinajstić information content (AvgIpc) is 2.15. The Balaban J connectivity index is 2.49. The largest absolute Gasteiger partial charge is 0.497 e. The first-order valence-electron chi connectivity index (χ1n) is 4.28. The van der Waals surface area contributed by atoms with Gasteiger partial charge in [0.2, 0.25) is 0 Å². The van der Waals surface area contributed by atoms with Gasteiger partial charge < -0.3 is 9.84 Å². The number of fused-ring (bicyclic) bond motifs is 1. The van der Waals surface area contributed by atoms with Crippen LogP contribution in [0.1, 0.15) is 18.1 Å². The molecule has 14 heavy (non-hydrogen) atoms. The Kier molecular flexibility index (Phi) is 1.81. The molecule has 0 aromatic heterocycles. The number of methoxy groups -OCH3 is 1. The topological polar surface area (TPSA) is 46.5 Å². The first kappa shape index (κ1) is 8.81. The number of allylic oxidation sites excluding steroid dienone is 1. The fraction of sp³-hybridized carbons (Fsp3) is 0.182. The van der Waals surface area contributed by atoms with Crippen molar-refractivity contribution in [2.24, 2.45) is 0 Å². The van der Waals surface area contributed by atoms with Gasteiger partial charge in [0, 0.05) is 5.56 Å². The van der Waals surface area contributed by atoms with Crippen LogP contribution < -0.4 is 4.74 Å². The highest BCUT2D eigenvalue weighted by Gasteiger charge is 2.27. The molecular weight excluding hydrogens is 180 g/mol. The van der Waals surface area contributed by atoms with E-state index in [0.717, 1.165) is 16.7 Å². The van der Waals surface area contributed by atoms with E-state index in [4.69, 9.17) is 9.84 Å². The molecule has 1 aromatic rings. The van der Waals surface area contributed by atoms with E-state index in [9.17, 15) is 4.79 Å². The summed E-state index contributed by atoms with van der Waals surface area (Å²) >= 11 is 0. The lowest BCUT2D eigenvalue weighted by atomic mass is 9.81. The Labute approximate surface area is 81.6 Å². The lowest BCUT2D eigenvalue weighted by Gasteiger charge is -2.23. The molecular formula is C11H10O3. The zero-order valence-electron chi connectivity index (χ0n) is 8.00. The van der Waals surface area contributed by atoms with Crippen molar-refractivity contribution in [3.8, 4) is 5.75 Å². The Bertz CT molecular complexity index is 444. The minimum Gasteiger partial charge on any atom is -0.497 e. The minimum absolute atomic E-state index is 0.402. The van der Waals surface area contributed by atoms with Crippen LogP contribution in [0.4, 0.5) is 0 Å². The molecule has 0 amide bonds. The van der Waals surface area contributed by atoms with Crippen LogP contribution in [-0.2, 0) is 4.79 Å². The Hall–Kier alpha value is -1.77. The highest BCUT2D eigenvalue weighted by atomic mass is 16.5. The van der Waals surface area contributed by atoms with E-state index in [1.807, 2.05) is 19.1 Å². The number of rotatable bonds is 2. The van der Waals surface area contributed by atoms with Crippen LogP contribution in [0, 0.1) is 0 Å². The highest BCUT2D eigenvalue weighted by molar-refractivity contribution is 6.30. The summed E-state index contributed by atoms with van der Waals surface area (Å²) in [7, 11) is 1.57. The van der Waals surface area contributed by atoms with Crippen LogP contribution in [-0.4, -0.2) is 18.2 Å². The molecule has 1 aromatic carbocycles. The van der Waals surface area contributed by atoms with E-state index >= 15 is 0 Å². The molecule has 0 fully saturated rings. The van der Waals surface area contributed by atoms with Gasteiger partial charge in [-0.25, -0.2) is 4.79 Å². The maximum atomic E-state index is 10.9. The van der Waals surface area contributed by atoms with Gasteiger partial charge in [-0.3, -0.25) is 0 Å². The molecule has 0 spiro atoms. The quantitative estimate of drug-likeness (QED) is 0.776. The fourth-order valence-corrected chi connectivity index (χ4v) is 1.73. The zero-order chi connectivity index (χ0) is 10.3. The van der Waals surface area contributed by atoms with Gasteiger partial charge in [-0.1, -0.05) is 6.07 Å². The van der Waals surface area contributed by atoms with Gasteiger partial charge in [0.05, 0.1) is 12.7 Å². The summed E-state index contributed by atoms with van der Waals surface area (Å²) < 4.78 is 5.03. The molecule has 3 heteroatoms. The molecule has 72 valence electrons. The third-order valence-corrected chi connectivity index (χ3v) is 2.49. The number of carboxylic acids is 1. The van der Waals surface area contributed by atoms with Crippen LogP contribution in [0.5, 0.6) is 5.75 Å². The first-order valence-corrected chi connectivity index (χ1v) is 4.28. The van der Waals surface area contributed by atoms with Crippen LogP contribution in [0.25, 0.3) is 11.1 Å². The lowest BCUT2D eigenvalue weighted by Crippen LogP contribution is -2.12. The van der Waals surface area contributed by atoms with Crippen molar-refractivity contribution < 1.29 is 14.6 Å². The second-order valence-corrected chi connectivity index (χ2v) is 3.22. The number of ether oxygens (including phenoxy) is 1. The van der Waals surface area contributed by atoms with Crippen molar-refractivity contribution in [3.63, 3.8) is 0 Å². The highest BCUT2D eigenvalue weighted by Crippen LogP contribution is 2.41. The van der Waals surface area contributed by atoms with E-state index in [-0.39, 0.29) is 0 Å². The molecule has 0 saturated carbocycles. The number of hydrogen-bond donors (Lipinski definition) is 1. The zero-order valence-corrected chi connectivity index (χ0v) is 8.00. The van der Waals surface area contributed by atoms with E-state index in [1.54, 1.807) is 13.2 Å². The summed E-state index contributed by atoms with van der Waals surface area (Å²) in [6, 6.07) is 5.47. The van der Waals surface area contributed by atoms with Crippen molar-refractivity contribution in [2.75, 3.05) is 7.11 Å². The summed E-state index contributed by atoms with van der Waals surface area (Å²) in [5.41, 5.74) is 3.02. The second kappa shape index (κ2) is 2.87. The van der Waals surface area contributed by atoms with Crippen molar-refractivity contribution in [2.45, 2.75) is 6.92 Å². The molecule has 0 radical (unpaired) electrons. The van der Waals surface area contributed by atoms with Crippen molar-refractivity contribution in [1.82, 2.24) is 0 Å². The van der Waals surface area contributed by atoms with Crippen molar-refractivity contribution >= 4 is 17.1 Å².